The maximum absolute atomic E-state index is 13.7. The maximum Gasteiger partial charge on any atom is 0.318 e. The first kappa shape index (κ1) is 18.6. The first-order valence-corrected chi connectivity index (χ1v) is 8.11. The minimum Gasteiger partial charge on any atom is -0.351 e. The molecule has 5 nitrogen and oxygen atoms in total. The van der Waals surface area contributed by atoms with Crippen LogP contribution in [0, 0.1) is 5.82 Å². The minimum atomic E-state index is -0.909. The van der Waals surface area contributed by atoms with E-state index in [1.807, 2.05) is 29.6 Å². The number of hydrogen-bond donors (Lipinski definition) is 3. The lowest BCUT2D eigenvalue weighted by molar-refractivity contribution is -0.121. The summed E-state index contributed by atoms with van der Waals surface area (Å²) in [7, 11) is 0. The maximum atomic E-state index is 13.7. The molecule has 0 aromatic heterocycles. The van der Waals surface area contributed by atoms with Crippen LogP contribution in [0.3, 0.4) is 0 Å². The predicted molar refractivity (Wildman–Crippen MR) is 94.4 cm³/mol. The van der Waals surface area contributed by atoms with Crippen molar-refractivity contribution in [2.75, 3.05) is 0 Å². The Labute approximate surface area is 146 Å². The zero-order valence-corrected chi connectivity index (χ0v) is 14.3. The van der Waals surface area contributed by atoms with Crippen molar-refractivity contribution in [2.24, 2.45) is 5.73 Å². The third-order valence-corrected chi connectivity index (χ3v) is 3.96. The van der Waals surface area contributed by atoms with Crippen molar-refractivity contribution >= 4 is 11.9 Å². The number of imide groups is 1. The average Bonchev–Trinajstić information content (AvgIpc) is 2.59. The van der Waals surface area contributed by atoms with Crippen LogP contribution < -0.4 is 16.4 Å². The lowest BCUT2D eigenvalue weighted by Gasteiger charge is -2.24. The van der Waals surface area contributed by atoms with Crippen LogP contribution in [0.4, 0.5) is 9.18 Å². The van der Waals surface area contributed by atoms with Crippen molar-refractivity contribution in [3.8, 4) is 0 Å². The topological polar surface area (TPSA) is 84.2 Å². The number of halogens is 1. The Morgan fingerprint density at radius 2 is 1.80 bits per heavy atom. The number of urea groups is 1. The molecule has 3 amide bonds. The van der Waals surface area contributed by atoms with Crippen LogP contribution in [0.25, 0.3) is 0 Å². The molecule has 0 saturated carbocycles. The van der Waals surface area contributed by atoms with Gasteiger partial charge in [-0.25, -0.2) is 9.18 Å². The van der Waals surface area contributed by atoms with E-state index in [1.54, 1.807) is 19.1 Å². The highest BCUT2D eigenvalue weighted by atomic mass is 19.1. The van der Waals surface area contributed by atoms with E-state index in [1.165, 1.54) is 17.7 Å². The number of primary amides is 1. The summed E-state index contributed by atoms with van der Waals surface area (Å²) in [6.07, 6.45) is 0.912. The summed E-state index contributed by atoms with van der Waals surface area (Å²) in [6.45, 7) is 3.68. The Kier molecular flexibility index (Phi) is 6.25. The monoisotopic (exact) mass is 343 g/mol. The van der Waals surface area contributed by atoms with Gasteiger partial charge in [0.05, 0.1) is 12.1 Å². The van der Waals surface area contributed by atoms with E-state index in [-0.39, 0.29) is 5.82 Å². The normalized spacial score (nSPS) is 13.1. The summed E-state index contributed by atoms with van der Waals surface area (Å²) in [5.41, 5.74) is 7.74. The smallest absolute Gasteiger partial charge is 0.318 e. The van der Waals surface area contributed by atoms with Crippen molar-refractivity contribution in [1.82, 2.24) is 10.6 Å². The van der Waals surface area contributed by atoms with Gasteiger partial charge in [0.2, 0.25) is 5.91 Å². The zero-order valence-electron chi connectivity index (χ0n) is 14.3. The Balaban J connectivity index is 2.31. The number of nitrogens with two attached hydrogens (primary N) is 1. The number of hydrogen-bond acceptors (Lipinski definition) is 3. The standard InChI is InChI=1S/C19H22FN3O2/c1-3-13-7-9-14(10-8-13)17(15-5-4-6-16(20)11-15)22-12(2)18(24)23-19(21)25/h4-12,17,22H,3H2,1-2H3,(H3,21,23,24,25)/t12-,17+/m1/s1. The SMILES string of the molecule is CCc1ccc([C@H](N[C@H](C)C(=O)NC(N)=O)c2cccc(F)c2)cc1. The quantitative estimate of drug-likeness (QED) is 0.754. The van der Waals surface area contributed by atoms with Gasteiger partial charge in [0.15, 0.2) is 0 Å². The molecule has 0 spiro atoms. The van der Waals surface area contributed by atoms with Gasteiger partial charge in [0, 0.05) is 0 Å². The van der Waals surface area contributed by atoms with E-state index < -0.39 is 24.0 Å². The molecule has 0 radical (unpaired) electrons. The molecule has 0 heterocycles. The van der Waals surface area contributed by atoms with Gasteiger partial charge in [-0.15, -0.1) is 0 Å². The summed E-state index contributed by atoms with van der Waals surface area (Å²) in [5.74, 6) is -0.900. The summed E-state index contributed by atoms with van der Waals surface area (Å²) < 4.78 is 13.7. The third kappa shape index (κ3) is 5.12. The highest BCUT2D eigenvalue weighted by Crippen LogP contribution is 2.24. The van der Waals surface area contributed by atoms with E-state index in [0.717, 1.165) is 12.0 Å². The van der Waals surface area contributed by atoms with Gasteiger partial charge in [-0.3, -0.25) is 15.4 Å². The first-order valence-electron chi connectivity index (χ1n) is 8.11. The molecule has 0 aliphatic carbocycles. The van der Waals surface area contributed by atoms with Crippen LogP contribution in [-0.2, 0) is 11.2 Å². The molecule has 25 heavy (non-hydrogen) atoms. The molecular formula is C19H22FN3O2. The first-order chi connectivity index (χ1) is 11.9. The Morgan fingerprint density at radius 3 is 2.36 bits per heavy atom. The molecular weight excluding hydrogens is 321 g/mol. The molecule has 0 aliphatic rings. The molecule has 2 aromatic carbocycles. The lowest BCUT2D eigenvalue weighted by Crippen LogP contribution is -2.47. The van der Waals surface area contributed by atoms with Crippen molar-refractivity contribution in [2.45, 2.75) is 32.4 Å². The number of rotatable bonds is 6. The highest BCUT2D eigenvalue weighted by molar-refractivity contribution is 5.96. The van der Waals surface area contributed by atoms with Gasteiger partial charge in [-0.1, -0.05) is 43.3 Å². The molecule has 132 valence electrons. The van der Waals surface area contributed by atoms with Crippen LogP contribution >= 0.6 is 0 Å². The van der Waals surface area contributed by atoms with Crippen LogP contribution in [-0.4, -0.2) is 18.0 Å². The Morgan fingerprint density at radius 1 is 1.12 bits per heavy atom. The van der Waals surface area contributed by atoms with Crippen LogP contribution in [0.5, 0.6) is 0 Å². The Hall–Kier alpha value is -2.73. The summed E-state index contributed by atoms with van der Waals surface area (Å²) in [4.78, 5) is 22.8. The molecule has 6 heteroatoms. The van der Waals surface area contributed by atoms with Crippen molar-refractivity contribution in [1.29, 1.82) is 0 Å². The summed E-state index contributed by atoms with van der Waals surface area (Å²) in [5, 5.41) is 5.18. The number of amides is 3. The Bertz CT molecular complexity index is 747. The lowest BCUT2D eigenvalue weighted by atomic mass is 9.96. The predicted octanol–water partition coefficient (Wildman–Crippen LogP) is 2.65. The van der Waals surface area contributed by atoms with Gasteiger partial charge < -0.3 is 5.73 Å². The molecule has 0 aliphatic heterocycles. The van der Waals surface area contributed by atoms with Crippen molar-refractivity contribution in [3.05, 3.63) is 71.0 Å². The highest BCUT2D eigenvalue weighted by Gasteiger charge is 2.22. The largest absolute Gasteiger partial charge is 0.351 e. The van der Waals surface area contributed by atoms with E-state index in [2.05, 4.69) is 12.2 Å². The van der Waals surface area contributed by atoms with E-state index in [0.29, 0.717) is 5.56 Å². The van der Waals surface area contributed by atoms with Crippen LogP contribution in [0.1, 0.15) is 36.6 Å². The fourth-order valence-electron chi connectivity index (χ4n) is 2.57. The number of carbonyl (C=O) groups excluding carboxylic acids is 2. The van der Waals surface area contributed by atoms with Crippen LogP contribution in [0.2, 0.25) is 0 Å². The third-order valence-electron chi connectivity index (χ3n) is 3.96. The van der Waals surface area contributed by atoms with Gasteiger partial charge in [0.1, 0.15) is 5.82 Å². The molecule has 0 saturated heterocycles. The second kappa shape index (κ2) is 8.39. The van der Waals surface area contributed by atoms with E-state index in [9.17, 15) is 14.0 Å². The van der Waals surface area contributed by atoms with E-state index >= 15 is 0 Å². The van der Waals surface area contributed by atoms with Gasteiger partial charge in [-0.2, -0.15) is 0 Å². The average molecular weight is 343 g/mol. The molecule has 0 bridgehead atoms. The van der Waals surface area contributed by atoms with E-state index in [4.69, 9.17) is 5.73 Å². The fourth-order valence-corrected chi connectivity index (χ4v) is 2.57. The summed E-state index contributed by atoms with van der Waals surface area (Å²) in [6, 6.07) is 12.1. The van der Waals surface area contributed by atoms with Crippen molar-refractivity contribution in [3.63, 3.8) is 0 Å². The number of nitrogens with one attached hydrogen (secondary N) is 2. The molecule has 0 unspecified atom stereocenters. The number of benzene rings is 2. The van der Waals surface area contributed by atoms with Crippen LogP contribution in [0.15, 0.2) is 48.5 Å². The second-order valence-corrected chi connectivity index (χ2v) is 5.83. The fraction of sp³-hybridized carbons (Fsp3) is 0.263. The van der Waals surface area contributed by atoms with Gasteiger partial charge in [-0.05, 0) is 42.2 Å². The van der Waals surface area contributed by atoms with Gasteiger partial charge >= 0.3 is 6.03 Å². The number of carbonyl (C=O) groups is 2. The summed E-state index contributed by atoms with van der Waals surface area (Å²) >= 11 is 0. The van der Waals surface area contributed by atoms with Crippen molar-refractivity contribution < 1.29 is 14.0 Å². The molecule has 0 fully saturated rings. The molecule has 2 rings (SSSR count). The molecule has 2 aromatic rings. The molecule has 2 atom stereocenters. The minimum absolute atomic E-state index is 0.358. The van der Waals surface area contributed by atoms with Gasteiger partial charge in [0.25, 0.3) is 0 Å². The zero-order chi connectivity index (χ0) is 18.4. The second-order valence-electron chi connectivity index (χ2n) is 5.83. The number of aryl methyl sites for hydroxylation is 1. The molecule has 4 N–H and O–H groups in total.